The first-order chi connectivity index (χ1) is 12.5. The number of fused-ring (bicyclic) bond motifs is 1. The summed E-state index contributed by atoms with van der Waals surface area (Å²) in [5, 5.41) is 3.03. The molecule has 2 aromatic carbocycles. The lowest BCUT2D eigenvalue weighted by molar-refractivity contribution is -0.121. The van der Waals surface area contributed by atoms with Crippen molar-refractivity contribution in [2.75, 3.05) is 6.54 Å². The van der Waals surface area contributed by atoms with Crippen LogP contribution in [0.25, 0.3) is 0 Å². The van der Waals surface area contributed by atoms with Crippen LogP contribution in [0.3, 0.4) is 0 Å². The molecule has 3 rings (SSSR count). The molecule has 0 saturated heterocycles. The first kappa shape index (κ1) is 19.1. The van der Waals surface area contributed by atoms with Crippen molar-refractivity contribution in [3.05, 3.63) is 64.1 Å². The van der Waals surface area contributed by atoms with Gasteiger partial charge in [0.2, 0.25) is 15.9 Å². The van der Waals surface area contributed by atoms with Crippen LogP contribution in [-0.4, -0.2) is 20.9 Å². The highest BCUT2D eigenvalue weighted by Crippen LogP contribution is 2.29. The highest BCUT2D eigenvalue weighted by atomic mass is 79.9. The first-order valence-electron chi connectivity index (χ1n) is 8.58. The van der Waals surface area contributed by atoms with Gasteiger partial charge in [0, 0.05) is 17.4 Å². The van der Waals surface area contributed by atoms with E-state index in [1.54, 1.807) is 12.1 Å². The summed E-state index contributed by atoms with van der Waals surface area (Å²) in [6, 6.07) is 14.6. The molecule has 26 heavy (non-hydrogen) atoms. The monoisotopic (exact) mass is 436 g/mol. The van der Waals surface area contributed by atoms with Gasteiger partial charge in [-0.3, -0.25) is 4.79 Å². The van der Waals surface area contributed by atoms with Crippen LogP contribution in [-0.2, 0) is 21.2 Å². The Morgan fingerprint density at radius 2 is 1.96 bits per heavy atom. The second-order valence-corrected chi connectivity index (χ2v) is 9.00. The fraction of sp³-hybridized carbons (Fsp3) is 0.316. The Kier molecular flexibility index (Phi) is 6.11. The zero-order chi connectivity index (χ0) is 18.6. The van der Waals surface area contributed by atoms with Crippen LogP contribution in [0.4, 0.5) is 0 Å². The smallest absolute Gasteiger partial charge is 0.240 e. The van der Waals surface area contributed by atoms with Crippen molar-refractivity contribution in [3.8, 4) is 0 Å². The van der Waals surface area contributed by atoms with Gasteiger partial charge < -0.3 is 5.32 Å². The predicted octanol–water partition coefficient (Wildman–Crippen LogP) is 3.31. The fourth-order valence-corrected chi connectivity index (χ4v) is 4.81. The summed E-state index contributed by atoms with van der Waals surface area (Å²) in [4.78, 5) is 12.4. The molecule has 0 fully saturated rings. The van der Waals surface area contributed by atoms with Gasteiger partial charge in [0.25, 0.3) is 0 Å². The van der Waals surface area contributed by atoms with Gasteiger partial charge in [0.1, 0.15) is 0 Å². The third kappa shape index (κ3) is 4.72. The minimum absolute atomic E-state index is 0.00846. The summed E-state index contributed by atoms with van der Waals surface area (Å²) in [5.41, 5.74) is 2.45. The lowest BCUT2D eigenvalue weighted by atomic mass is 9.88. The molecule has 7 heteroatoms. The third-order valence-electron chi connectivity index (χ3n) is 4.46. The predicted molar refractivity (Wildman–Crippen MR) is 104 cm³/mol. The fourth-order valence-electron chi connectivity index (χ4n) is 3.19. The summed E-state index contributed by atoms with van der Waals surface area (Å²) in [5.74, 6) is -0.149. The molecule has 1 amide bonds. The zero-order valence-corrected chi connectivity index (χ0v) is 16.6. The van der Waals surface area contributed by atoms with Crippen molar-refractivity contribution in [1.29, 1.82) is 0 Å². The maximum atomic E-state index is 12.3. The maximum absolute atomic E-state index is 12.3. The van der Waals surface area contributed by atoms with E-state index in [9.17, 15) is 13.2 Å². The number of amides is 1. The number of hydrogen-bond acceptors (Lipinski definition) is 3. The molecule has 0 bridgehead atoms. The highest BCUT2D eigenvalue weighted by Gasteiger charge is 2.21. The number of nitrogens with one attached hydrogen (secondary N) is 2. The van der Waals surface area contributed by atoms with E-state index in [1.165, 1.54) is 23.3 Å². The summed E-state index contributed by atoms with van der Waals surface area (Å²) >= 11 is 3.26. The van der Waals surface area contributed by atoms with E-state index < -0.39 is 10.0 Å². The number of sulfonamides is 1. The molecular weight excluding hydrogens is 416 g/mol. The van der Waals surface area contributed by atoms with Gasteiger partial charge in [-0.25, -0.2) is 13.1 Å². The lowest BCUT2D eigenvalue weighted by Gasteiger charge is -2.26. The minimum atomic E-state index is -3.62. The van der Waals surface area contributed by atoms with Gasteiger partial charge in [-0.2, -0.15) is 0 Å². The average molecular weight is 437 g/mol. The first-order valence-corrected chi connectivity index (χ1v) is 10.9. The third-order valence-corrected chi connectivity index (χ3v) is 6.41. The molecule has 2 aromatic rings. The Hall–Kier alpha value is -1.70. The molecule has 0 aliphatic heterocycles. The normalized spacial score (nSPS) is 16.7. The molecule has 0 radical (unpaired) electrons. The van der Waals surface area contributed by atoms with Gasteiger partial charge >= 0.3 is 0 Å². The van der Waals surface area contributed by atoms with E-state index in [1.807, 2.05) is 12.1 Å². The van der Waals surface area contributed by atoms with Crippen molar-refractivity contribution in [1.82, 2.24) is 10.0 Å². The minimum Gasteiger partial charge on any atom is -0.349 e. The van der Waals surface area contributed by atoms with Crippen molar-refractivity contribution in [2.45, 2.75) is 36.6 Å². The largest absolute Gasteiger partial charge is 0.349 e. The Morgan fingerprint density at radius 3 is 2.77 bits per heavy atom. The number of aryl methyl sites for hydroxylation is 1. The van der Waals surface area contributed by atoms with E-state index in [0.29, 0.717) is 4.47 Å². The Morgan fingerprint density at radius 1 is 1.15 bits per heavy atom. The lowest BCUT2D eigenvalue weighted by Crippen LogP contribution is -2.34. The number of benzene rings is 2. The van der Waals surface area contributed by atoms with E-state index in [2.05, 4.69) is 38.1 Å². The number of rotatable bonds is 6. The highest BCUT2D eigenvalue weighted by molar-refractivity contribution is 9.10. The van der Waals surface area contributed by atoms with Gasteiger partial charge in [0.15, 0.2) is 0 Å². The molecule has 1 atom stereocenters. The summed E-state index contributed by atoms with van der Waals surface area (Å²) in [6.07, 6.45) is 3.09. The summed E-state index contributed by atoms with van der Waals surface area (Å²) in [6.45, 7) is 0.0645. The van der Waals surface area contributed by atoms with Gasteiger partial charge in [-0.1, -0.05) is 46.3 Å². The molecule has 0 saturated carbocycles. The van der Waals surface area contributed by atoms with Crippen molar-refractivity contribution >= 4 is 31.9 Å². The maximum Gasteiger partial charge on any atom is 0.240 e. The van der Waals surface area contributed by atoms with Crippen molar-refractivity contribution in [2.24, 2.45) is 0 Å². The van der Waals surface area contributed by atoms with Gasteiger partial charge in [-0.05, 0) is 48.6 Å². The molecule has 1 unspecified atom stereocenters. The number of halogens is 1. The molecular formula is C19H21BrN2O3S. The Labute approximate surface area is 162 Å². The number of carbonyl (C=O) groups is 1. The van der Waals surface area contributed by atoms with Crippen molar-refractivity contribution in [3.63, 3.8) is 0 Å². The van der Waals surface area contributed by atoms with Gasteiger partial charge in [-0.15, -0.1) is 0 Å². The van der Waals surface area contributed by atoms with Crippen LogP contribution in [0.15, 0.2) is 57.9 Å². The molecule has 2 N–H and O–H groups in total. The van der Waals surface area contributed by atoms with Crippen LogP contribution >= 0.6 is 15.9 Å². The molecule has 138 valence electrons. The average Bonchev–Trinajstić information content (AvgIpc) is 2.62. The SMILES string of the molecule is O=C(CCNS(=O)(=O)c1cccc(Br)c1)NC1CCCc2ccccc21. The molecule has 1 aliphatic carbocycles. The Bertz CT molecular complexity index is 899. The Balaban J connectivity index is 1.54. The van der Waals surface area contributed by atoms with E-state index in [-0.39, 0.29) is 29.8 Å². The van der Waals surface area contributed by atoms with Crippen LogP contribution < -0.4 is 10.0 Å². The van der Waals surface area contributed by atoms with Gasteiger partial charge in [0.05, 0.1) is 10.9 Å². The molecule has 0 heterocycles. The van der Waals surface area contributed by atoms with Crippen molar-refractivity contribution < 1.29 is 13.2 Å². The molecule has 0 spiro atoms. The number of hydrogen-bond donors (Lipinski definition) is 2. The zero-order valence-electron chi connectivity index (χ0n) is 14.2. The van der Waals surface area contributed by atoms with Crippen LogP contribution in [0.5, 0.6) is 0 Å². The quantitative estimate of drug-likeness (QED) is 0.728. The standard InChI is InChI=1S/C19H21BrN2O3S/c20-15-7-4-8-16(13-15)26(24,25)21-12-11-19(23)22-18-10-3-6-14-5-1-2-9-17(14)18/h1-2,4-5,7-9,13,18,21H,3,6,10-12H2,(H,22,23). The second-order valence-electron chi connectivity index (χ2n) is 6.32. The summed E-state index contributed by atoms with van der Waals surface area (Å²) < 4.78 is 27.7. The van der Waals surface area contributed by atoms with Crippen LogP contribution in [0.1, 0.15) is 36.4 Å². The van der Waals surface area contributed by atoms with E-state index in [0.717, 1.165) is 19.3 Å². The molecule has 1 aliphatic rings. The molecule has 5 nitrogen and oxygen atoms in total. The topological polar surface area (TPSA) is 75.3 Å². The number of carbonyl (C=O) groups excluding carboxylic acids is 1. The van der Waals surface area contributed by atoms with E-state index >= 15 is 0 Å². The van der Waals surface area contributed by atoms with E-state index in [4.69, 9.17) is 0 Å². The van der Waals surface area contributed by atoms with Crippen LogP contribution in [0.2, 0.25) is 0 Å². The summed E-state index contributed by atoms with van der Waals surface area (Å²) in [7, 11) is -3.62. The van der Waals surface area contributed by atoms with Crippen LogP contribution in [0, 0.1) is 0 Å². The molecule has 0 aromatic heterocycles. The second kappa shape index (κ2) is 8.33.